The van der Waals surface area contributed by atoms with Gasteiger partial charge in [0.15, 0.2) is 6.61 Å². The molecule has 2 rings (SSSR count). The molecule has 2 aromatic rings. The minimum atomic E-state index is -0.802. The van der Waals surface area contributed by atoms with E-state index in [0.717, 1.165) is 5.56 Å². The lowest BCUT2D eigenvalue weighted by molar-refractivity contribution is -0.124. The topological polar surface area (TPSA) is 55.4 Å². The third-order valence-electron chi connectivity index (χ3n) is 3.56. The van der Waals surface area contributed by atoms with Crippen molar-refractivity contribution < 1.29 is 14.3 Å². The molecule has 132 valence electrons. The second kappa shape index (κ2) is 9.09. The molecular weight excluding hydrogens is 385 g/mol. The number of ether oxygens (including phenoxy) is 1. The number of carbonyl (C=O) groups is 2. The predicted octanol–water partition coefficient (Wildman–Crippen LogP) is 4.72. The van der Waals surface area contributed by atoms with E-state index in [-0.39, 0.29) is 26.5 Å². The lowest BCUT2D eigenvalue weighted by Gasteiger charge is -2.13. The lowest BCUT2D eigenvalue weighted by Crippen LogP contribution is -2.31. The smallest absolute Gasteiger partial charge is 0.341 e. The summed E-state index contributed by atoms with van der Waals surface area (Å²) in [7, 11) is 0. The SMILES string of the molecule is C[C@@H](CNC(=O)COC(=O)c1c(Cl)ccc(Cl)c1Cl)c1ccccc1. The van der Waals surface area contributed by atoms with Crippen LogP contribution >= 0.6 is 34.8 Å². The highest BCUT2D eigenvalue weighted by Crippen LogP contribution is 2.31. The summed E-state index contributed by atoms with van der Waals surface area (Å²) in [5, 5.41) is 3.01. The largest absolute Gasteiger partial charge is 0.452 e. The van der Waals surface area contributed by atoms with Crippen molar-refractivity contribution in [3.63, 3.8) is 0 Å². The van der Waals surface area contributed by atoms with Crippen molar-refractivity contribution >= 4 is 46.7 Å². The Hall–Kier alpha value is -1.75. The number of amides is 1. The Balaban J connectivity index is 1.86. The average Bonchev–Trinajstić information content (AvgIpc) is 2.62. The molecular formula is C18H16Cl3NO3. The molecule has 4 nitrogen and oxygen atoms in total. The van der Waals surface area contributed by atoms with E-state index in [4.69, 9.17) is 39.5 Å². The quantitative estimate of drug-likeness (QED) is 0.563. The van der Waals surface area contributed by atoms with Crippen LogP contribution in [0.4, 0.5) is 0 Å². The first kappa shape index (κ1) is 19.6. The maximum Gasteiger partial charge on any atom is 0.341 e. The summed E-state index contributed by atoms with van der Waals surface area (Å²) in [6, 6.07) is 12.7. The number of benzene rings is 2. The van der Waals surface area contributed by atoms with E-state index in [0.29, 0.717) is 6.54 Å². The summed E-state index contributed by atoms with van der Waals surface area (Å²) >= 11 is 17.8. The molecule has 1 atom stereocenters. The average molecular weight is 401 g/mol. The molecule has 0 heterocycles. The highest BCUT2D eigenvalue weighted by atomic mass is 35.5. The van der Waals surface area contributed by atoms with E-state index < -0.39 is 18.5 Å². The Morgan fingerprint density at radius 2 is 1.68 bits per heavy atom. The van der Waals surface area contributed by atoms with Gasteiger partial charge in [-0.15, -0.1) is 0 Å². The van der Waals surface area contributed by atoms with Crippen LogP contribution in [0.3, 0.4) is 0 Å². The molecule has 0 aliphatic heterocycles. The molecule has 0 aliphatic rings. The lowest BCUT2D eigenvalue weighted by atomic mass is 10.0. The number of hydrogen-bond acceptors (Lipinski definition) is 3. The zero-order chi connectivity index (χ0) is 18.4. The van der Waals surface area contributed by atoms with Crippen LogP contribution in [0, 0.1) is 0 Å². The predicted molar refractivity (Wildman–Crippen MR) is 99.6 cm³/mol. The van der Waals surface area contributed by atoms with E-state index in [1.54, 1.807) is 0 Å². The minimum absolute atomic E-state index is 0.00252. The highest BCUT2D eigenvalue weighted by Gasteiger charge is 2.19. The molecule has 25 heavy (non-hydrogen) atoms. The van der Waals surface area contributed by atoms with E-state index in [1.807, 2.05) is 37.3 Å². The molecule has 0 bridgehead atoms. The summed E-state index contributed by atoms with van der Waals surface area (Å²) in [5.41, 5.74) is 1.05. The number of esters is 1. The van der Waals surface area contributed by atoms with Crippen LogP contribution in [0.5, 0.6) is 0 Å². The first-order valence-corrected chi connectivity index (χ1v) is 8.65. The van der Waals surface area contributed by atoms with Crippen molar-refractivity contribution in [1.29, 1.82) is 0 Å². The molecule has 7 heteroatoms. The van der Waals surface area contributed by atoms with Gasteiger partial charge in [-0.05, 0) is 23.6 Å². The van der Waals surface area contributed by atoms with Gasteiger partial charge >= 0.3 is 5.97 Å². The van der Waals surface area contributed by atoms with Crippen molar-refractivity contribution in [3.05, 3.63) is 68.7 Å². The minimum Gasteiger partial charge on any atom is -0.452 e. The van der Waals surface area contributed by atoms with Crippen molar-refractivity contribution in [2.75, 3.05) is 13.2 Å². The van der Waals surface area contributed by atoms with Gasteiger partial charge in [-0.1, -0.05) is 72.1 Å². The van der Waals surface area contributed by atoms with Crippen LogP contribution in [0.25, 0.3) is 0 Å². The van der Waals surface area contributed by atoms with Crippen LogP contribution < -0.4 is 5.32 Å². The number of hydrogen-bond donors (Lipinski definition) is 1. The van der Waals surface area contributed by atoms with Crippen molar-refractivity contribution in [2.45, 2.75) is 12.8 Å². The molecule has 0 fully saturated rings. The maximum absolute atomic E-state index is 12.1. The van der Waals surface area contributed by atoms with Gasteiger partial charge < -0.3 is 10.1 Å². The van der Waals surface area contributed by atoms with Crippen LogP contribution in [0.2, 0.25) is 15.1 Å². The molecule has 0 radical (unpaired) electrons. The van der Waals surface area contributed by atoms with Crippen LogP contribution in [-0.2, 0) is 9.53 Å². The fraction of sp³-hybridized carbons (Fsp3) is 0.222. The van der Waals surface area contributed by atoms with Crippen LogP contribution in [-0.4, -0.2) is 25.0 Å². The highest BCUT2D eigenvalue weighted by molar-refractivity contribution is 6.46. The van der Waals surface area contributed by atoms with Gasteiger partial charge in [0.1, 0.15) is 0 Å². The van der Waals surface area contributed by atoms with E-state index >= 15 is 0 Å². The van der Waals surface area contributed by atoms with E-state index in [9.17, 15) is 9.59 Å². The summed E-state index contributed by atoms with van der Waals surface area (Å²) in [6.07, 6.45) is 0. The van der Waals surface area contributed by atoms with Crippen LogP contribution in [0.15, 0.2) is 42.5 Å². The van der Waals surface area contributed by atoms with Gasteiger partial charge in [-0.3, -0.25) is 4.79 Å². The van der Waals surface area contributed by atoms with Crippen molar-refractivity contribution in [3.8, 4) is 0 Å². The molecule has 0 saturated carbocycles. The summed E-state index contributed by atoms with van der Waals surface area (Å²) < 4.78 is 4.97. The maximum atomic E-state index is 12.1. The second-order valence-corrected chi connectivity index (χ2v) is 6.60. The summed E-state index contributed by atoms with van der Waals surface area (Å²) in [6.45, 7) is 1.99. The van der Waals surface area contributed by atoms with Gasteiger partial charge in [0, 0.05) is 6.54 Å². The molecule has 0 saturated heterocycles. The molecule has 0 aliphatic carbocycles. The van der Waals surface area contributed by atoms with Crippen LogP contribution in [0.1, 0.15) is 28.8 Å². The zero-order valence-electron chi connectivity index (χ0n) is 13.4. The monoisotopic (exact) mass is 399 g/mol. The second-order valence-electron chi connectivity index (χ2n) is 5.41. The van der Waals surface area contributed by atoms with Gasteiger partial charge in [-0.25, -0.2) is 4.79 Å². The zero-order valence-corrected chi connectivity index (χ0v) is 15.7. The molecule has 1 N–H and O–H groups in total. The van der Waals surface area contributed by atoms with Gasteiger partial charge in [0.05, 0.1) is 20.6 Å². The third-order valence-corrected chi connectivity index (χ3v) is 4.68. The van der Waals surface area contributed by atoms with Gasteiger partial charge in [0.25, 0.3) is 5.91 Å². The standard InChI is InChI=1S/C18H16Cl3NO3/c1-11(12-5-3-2-4-6-12)9-22-15(23)10-25-18(24)16-13(19)7-8-14(20)17(16)21/h2-8,11H,9-10H2,1H3,(H,22,23)/t11-/m0/s1. The Kier molecular flexibility index (Phi) is 7.12. The normalized spacial score (nSPS) is 11.7. The summed E-state index contributed by atoms with van der Waals surface area (Å²) in [4.78, 5) is 23.9. The molecule has 0 spiro atoms. The Morgan fingerprint density at radius 3 is 2.36 bits per heavy atom. The van der Waals surface area contributed by atoms with Gasteiger partial charge in [0.2, 0.25) is 0 Å². The Bertz CT molecular complexity index is 766. The Morgan fingerprint density at radius 1 is 1.04 bits per heavy atom. The van der Waals surface area contributed by atoms with Gasteiger partial charge in [-0.2, -0.15) is 0 Å². The van der Waals surface area contributed by atoms with Crippen molar-refractivity contribution in [2.24, 2.45) is 0 Å². The number of halogens is 3. The molecule has 0 unspecified atom stereocenters. The first-order chi connectivity index (χ1) is 11.9. The van der Waals surface area contributed by atoms with Crippen molar-refractivity contribution in [1.82, 2.24) is 5.32 Å². The first-order valence-electron chi connectivity index (χ1n) is 7.52. The molecule has 2 aromatic carbocycles. The van der Waals surface area contributed by atoms with E-state index in [2.05, 4.69) is 5.32 Å². The number of carbonyl (C=O) groups excluding carboxylic acids is 2. The summed E-state index contributed by atoms with van der Waals surface area (Å²) in [5.74, 6) is -1.08. The Labute approximate surface area is 161 Å². The number of rotatable bonds is 6. The molecule has 0 aromatic heterocycles. The van der Waals surface area contributed by atoms with E-state index in [1.165, 1.54) is 12.1 Å². The fourth-order valence-corrected chi connectivity index (χ4v) is 2.82. The molecule has 1 amide bonds. The number of nitrogens with one attached hydrogen (secondary N) is 1. The fourth-order valence-electron chi connectivity index (χ4n) is 2.13. The third kappa shape index (κ3) is 5.36.